The molecule has 1 aliphatic rings. The van der Waals surface area contributed by atoms with Crippen LogP contribution in [0.2, 0.25) is 0 Å². The molecule has 3 rings (SSSR count). The molecule has 0 radical (unpaired) electrons. The normalized spacial score (nSPS) is 15.3. The average Bonchev–Trinajstić information content (AvgIpc) is 3.11. The van der Waals surface area contributed by atoms with E-state index < -0.39 is 0 Å². The maximum Gasteiger partial charge on any atom is 0.337 e. The lowest BCUT2D eigenvalue weighted by atomic mass is 9.84. The molecule has 2 atom stereocenters. The molecule has 0 fully saturated rings. The van der Waals surface area contributed by atoms with Gasteiger partial charge in [0.25, 0.3) is 0 Å². The third-order valence-corrected chi connectivity index (χ3v) is 5.30. The Hall–Kier alpha value is -2.62. The van der Waals surface area contributed by atoms with E-state index in [1.165, 1.54) is 7.11 Å². The molecule has 4 heteroatoms. The van der Waals surface area contributed by atoms with Crippen molar-refractivity contribution in [2.45, 2.75) is 32.6 Å². The molecule has 0 N–H and O–H groups in total. The van der Waals surface area contributed by atoms with Crippen LogP contribution >= 0.6 is 0 Å². The number of hydrogen-bond acceptors (Lipinski definition) is 3. The average molecular weight is 351 g/mol. The van der Waals surface area contributed by atoms with E-state index in [1.54, 1.807) is 6.07 Å². The molecule has 26 heavy (non-hydrogen) atoms. The van der Waals surface area contributed by atoms with Crippen LogP contribution in [-0.4, -0.2) is 25.5 Å². The number of methoxy groups -OCH3 is 1. The third kappa shape index (κ3) is 3.36. The summed E-state index contributed by atoms with van der Waals surface area (Å²) in [7, 11) is 1.38. The molecule has 1 amide bonds. The molecule has 0 spiro atoms. The first-order valence-electron chi connectivity index (χ1n) is 9.14. The summed E-state index contributed by atoms with van der Waals surface area (Å²) in [4.78, 5) is 27.0. The molecule has 1 heterocycles. The number of amides is 1. The van der Waals surface area contributed by atoms with E-state index in [-0.39, 0.29) is 23.7 Å². The molecule has 4 nitrogen and oxygen atoms in total. The van der Waals surface area contributed by atoms with E-state index in [9.17, 15) is 9.59 Å². The first kappa shape index (κ1) is 18.2. The summed E-state index contributed by atoms with van der Waals surface area (Å²) >= 11 is 0. The Morgan fingerprint density at radius 1 is 1.15 bits per heavy atom. The van der Waals surface area contributed by atoms with Crippen LogP contribution in [0.3, 0.4) is 0 Å². The predicted octanol–water partition coefficient (Wildman–Crippen LogP) is 4.19. The minimum Gasteiger partial charge on any atom is -0.465 e. The number of benzene rings is 2. The highest BCUT2D eigenvalue weighted by Gasteiger charge is 2.34. The minimum atomic E-state index is -0.348. The van der Waals surface area contributed by atoms with Crippen LogP contribution in [-0.2, 0) is 16.0 Å². The lowest BCUT2D eigenvalue weighted by Gasteiger charge is -2.28. The standard InChI is InChI=1S/C22H25NO3/c1-4-15(2)20(16-8-6-5-7-9-16)21(24)23-13-12-17-14-18(22(25)26-3)10-11-19(17)23/h5-11,14-15,20H,4,12-13H2,1-3H3. The van der Waals surface area contributed by atoms with Gasteiger partial charge in [-0.15, -0.1) is 0 Å². The van der Waals surface area contributed by atoms with E-state index in [0.29, 0.717) is 12.1 Å². The van der Waals surface area contributed by atoms with Crippen molar-refractivity contribution in [3.63, 3.8) is 0 Å². The second kappa shape index (κ2) is 7.73. The van der Waals surface area contributed by atoms with E-state index in [1.807, 2.05) is 47.4 Å². The molecular formula is C22H25NO3. The number of hydrogen-bond donors (Lipinski definition) is 0. The molecule has 2 unspecified atom stereocenters. The Balaban J connectivity index is 1.92. The number of carbonyl (C=O) groups is 2. The van der Waals surface area contributed by atoms with Crippen molar-refractivity contribution in [2.75, 3.05) is 18.6 Å². The zero-order chi connectivity index (χ0) is 18.7. The monoisotopic (exact) mass is 351 g/mol. The molecule has 1 aliphatic heterocycles. The number of rotatable bonds is 5. The number of fused-ring (bicyclic) bond motifs is 1. The first-order chi connectivity index (χ1) is 12.6. The fourth-order valence-electron chi connectivity index (χ4n) is 3.65. The van der Waals surface area contributed by atoms with E-state index in [0.717, 1.165) is 29.7 Å². The Kier molecular flexibility index (Phi) is 5.40. The van der Waals surface area contributed by atoms with E-state index >= 15 is 0 Å². The highest BCUT2D eigenvalue weighted by atomic mass is 16.5. The summed E-state index contributed by atoms with van der Waals surface area (Å²) in [6, 6.07) is 15.5. The summed E-state index contributed by atoms with van der Waals surface area (Å²) in [5, 5.41) is 0. The molecule has 0 aromatic heterocycles. The van der Waals surface area contributed by atoms with Crippen LogP contribution in [0.5, 0.6) is 0 Å². The van der Waals surface area contributed by atoms with Crippen molar-refractivity contribution in [1.29, 1.82) is 0 Å². The zero-order valence-corrected chi connectivity index (χ0v) is 15.6. The highest BCUT2D eigenvalue weighted by molar-refractivity contribution is 6.00. The lowest BCUT2D eigenvalue weighted by Crippen LogP contribution is -2.36. The fourth-order valence-corrected chi connectivity index (χ4v) is 3.65. The van der Waals surface area contributed by atoms with E-state index in [2.05, 4.69) is 13.8 Å². The van der Waals surface area contributed by atoms with Gasteiger partial charge in [0.1, 0.15) is 0 Å². The van der Waals surface area contributed by atoms with Crippen LogP contribution in [0.25, 0.3) is 0 Å². The van der Waals surface area contributed by atoms with E-state index in [4.69, 9.17) is 4.74 Å². The number of anilines is 1. The van der Waals surface area contributed by atoms with Gasteiger partial charge in [0.2, 0.25) is 5.91 Å². The van der Waals surface area contributed by atoms with Gasteiger partial charge >= 0.3 is 5.97 Å². The van der Waals surface area contributed by atoms with Crippen molar-refractivity contribution in [3.05, 3.63) is 65.2 Å². The van der Waals surface area contributed by atoms with Crippen LogP contribution in [0.1, 0.15) is 47.7 Å². The Morgan fingerprint density at radius 3 is 2.54 bits per heavy atom. The molecule has 2 aromatic carbocycles. The van der Waals surface area contributed by atoms with Gasteiger partial charge in [0.15, 0.2) is 0 Å². The Labute approximate surface area is 154 Å². The molecule has 0 saturated heterocycles. The largest absolute Gasteiger partial charge is 0.465 e. The van der Waals surface area contributed by atoms with Crippen molar-refractivity contribution in [1.82, 2.24) is 0 Å². The quantitative estimate of drug-likeness (QED) is 0.759. The second-order valence-electron chi connectivity index (χ2n) is 6.85. The van der Waals surface area contributed by atoms with Crippen molar-refractivity contribution >= 4 is 17.6 Å². The SMILES string of the molecule is CCC(C)C(C(=O)N1CCc2cc(C(=O)OC)ccc21)c1ccccc1. The minimum absolute atomic E-state index is 0.134. The molecular weight excluding hydrogens is 326 g/mol. The summed E-state index contributed by atoms with van der Waals surface area (Å²) in [6.45, 7) is 4.90. The van der Waals surface area contributed by atoms with Crippen molar-refractivity contribution in [2.24, 2.45) is 5.92 Å². The Morgan fingerprint density at radius 2 is 1.88 bits per heavy atom. The molecule has 136 valence electrons. The summed E-state index contributed by atoms with van der Waals surface area (Å²) < 4.78 is 4.79. The maximum absolute atomic E-state index is 13.4. The maximum atomic E-state index is 13.4. The molecule has 0 bridgehead atoms. The van der Waals surface area contributed by atoms with Gasteiger partial charge in [-0.05, 0) is 41.7 Å². The fraction of sp³-hybridized carbons (Fsp3) is 0.364. The van der Waals surface area contributed by atoms with Crippen LogP contribution < -0.4 is 4.90 Å². The number of nitrogens with zero attached hydrogens (tertiary/aromatic N) is 1. The molecule has 0 aliphatic carbocycles. The molecule has 2 aromatic rings. The summed E-state index contributed by atoms with van der Waals surface area (Å²) in [5.41, 5.74) is 3.53. The van der Waals surface area contributed by atoms with Crippen molar-refractivity contribution in [3.8, 4) is 0 Å². The molecule has 0 saturated carbocycles. The van der Waals surface area contributed by atoms with Crippen molar-refractivity contribution < 1.29 is 14.3 Å². The second-order valence-corrected chi connectivity index (χ2v) is 6.85. The summed E-state index contributed by atoms with van der Waals surface area (Å²) in [6.07, 6.45) is 1.70. The van der Waals surface area contributed by atoms with Gasteiger partial charge in [0.05, 0.1) is 18.6 Å². The Bertz CT molecular complexity index is 800. The number of esters is 1. The lowest BCUT2D eigenvalue weighted by molar-refractivity contribution is -0.121. The topological polar surface area (TPSA) is 46.6 Å². The number of carbonyl (C=O) groups excluding carboxylic acids is 2. The van der Waals surface area contributed by atoms with Crippen LogP contribution in [0.15, 0.2) is 48.5 Å². The number of ether oxygens (including phenoxy) is 1. The van der Waals surface area contributed by atoms with Crippen LogP contribution in [0, 0.1) is 5.92 Å². The zero-order valence-electron chi connectivity index (χ0n) is 15.6. The predicted molar refractivity (Wildman–Crippen MR) is 102 cm³/mol. The van der Waals surface area contributed by atoms with Crippen LogP contribution in [0.4, 0.5) is 5.69 Å². The van der Waals surface area contributed by atoms with Gasteiger partial charge in [-0.25, -0.2) is 4.79 Å². The van der Waals surface area contributed by atoms with Gasteiger partial charge in [0, 0.05) is 12.2 Å². The smallest absolute Gasteiger partial charge is 0.337 e. The summed E-state index contributed by atoms with van der Waals surface area (Å²) in [5.74, 6) is -0.120. The highest BCUT2D eigenvalue weighted by Crippen LogP contribution is 2.35. The first-order valence-corrected chi connectivity index (χ1v) is 9.14. The van der Waals surface area contributed by atoms with Gasteiger partial charge < -0.3 is 9.64 Å². The van der Waals surface area contributed by atoms with Gasteiger partial charge in [-0.1, -0.05) is 50.6 Å². The third-order valence-electron chi connectivity index (χ3n) is 5.30. The van der Waals surface area contributed by atoms with Gasteiger partial charge in [-0.2, -0.15) is 0 Å². The van der Waals surface area contributed by atoms with Gasteiger partial charge in [-0.3, -0.25) is 4.79 Å².